The van der Waals surface area contributed by atoms with Crippen LogP contribution in [-0.2, 0) is 16.8 Å². The minimum Gasteiger partial charge on any atom is -0.357 e. The first-order valence-corrected chi connectivity index (χ1v) is 9.54. The van der Waals surface area contributed by atoms with Crippen molar-refractivity contribution >= 4 is 16.0 Å². The standard InChI is InChI=1S/C15H24N4O2S/c20-22(21,19-10-2-1-3-11-19)17-13-14-6-7-15(16-12-14)18-8-4-5-9-18/h6-7,12,17H,1-5,8-11,13H2. The van der Waals surface area contributed by atoms with Crippen LogP contribution in [-0.4, -0.2) is 43.9 Å². The Bertz CT molecular complexity index is 576. The summed E-state index contributed by atoms with van der Waals surface area (Å²) >= 11 is 0. The maximum Gasteiger partial charge on any atom is 0.279 e. The Morgan fingerprint density at radius 3 is 2.32 bits per heavy atom. The molecule has 2 aliphatic rings. The van der Waals surface area contributed by atoms with Gasteiger partial charge in [-0.3, -0.25) is 0 Å². The van der Waals surface area contributed by atoms with Crippen molar-refractivity contribution < 1.29 is 8.42 Å². The van der Waals surface area contributed by atoms with E-state index in [1.54, 1.807) is 10.5 Å². The second kappa shape index (κ2) is 6.93. The molecule has 22 heavy (non-hydrogen) atoms. The van der Waals surface area contributed by atoms with Gasteiger partial charge in [0.05, 0.1) is 0 Å². The molecule has 1 N–H and O–H groups in total. The van der Waals surface area contributed by atoms with Crippen molar-refractivity contribution in [1.29, 1.82) is 0 Å². The number of nitrogens with zero attached hydrogens (tertiary/aromatic N) is 3. The number of hydrogen-bond acceptors (Lipinski definition) is 4. The van der Waals surface area contributed by atoms with Crippen molar-refractivity contribution in [3.63, 3.8) is 0 Å². The van der Waals surface area contributed by atoms with E-state index in [9.17, 15) is 8.42 Å². The van der Waals surface area contributed by atoms with Crippen molar-refractivity contribution in [3.05, 3.63) is 23.9 Å². The van der Waals surface area contributed by atoms with Gasteiger partial charge in [0.25, 0.3) is 10.2 Å². The number of piperidine rings is 1. The van der Waals surface area contributed by atoms with E-state index in [1.807, 2.05) is 12.1 Å². The van der Waals surface area contributed by atoms with E-state index < -0.39 is 10.2 Å². The zero-order valence-corrected chi connectivity index (χ0v) is 13.7. The molecule has 1 aromatic heterocycles. The fourth-order valence-corrected chi connectivity index (χ4v) is 4.30. The zero-order chi connectivity index (χ0) is 15.4. The van der Waals surface area contributed by atoms with Crippen LogP contribution in [0.1, 0.15) is 37.7 Å². The molecule has 6 nitrogen and oxygen atoms in total. The Labute approximate surface area is 132 Å². The Morgan fingerprint density at radius 2 is 1.68 bits per heavy atom. The topological polar surface area (TPSA) is 65.5 Å². The number of hydrogen-bond donors (Lipinski definition) is 1. The summed E-state index contributed by atoms with van der Waals surface area (Å²) in [7, 11) is -3.36. The highest BCUT2D eigenvalue weighted by molar-refractivity contribution is 7.87. The van der Waals surface area contributed by atoms with Crippen LogP contribution in [0.2, 0.25) is 0 Å². The predicted molar refractivity (Wildman–Crippen MR) is 86.9 cm³/mol. The Hall–Kier alpha value is -1.18. The summed E-state index contributed by atoms with van der Waals surface area (Å²) in [6.07, 6.45) is 7.23. The minimum absolute atomic E-state index is 0.298. The number of anilines is 1. The summed E-state index contributed by atoms with van der Waals surface area (Å²) in [6, 6.07) is 3.94. The summed E-state index contributed by atoms with van der Waals surface area (Å²) in [4.78, 5) is 6.72. The lowest BCUT2D eigenvalue weighted by Crippen LogP contribution is -2.43. The molecule has 7 heteroatoms. The molecule has 3 rings (SSSR count). The smallest absolute Gasteiger partial charge is 0.279 e. The molecule has 122 valence electrons. The molecule has 0 atom stereocenters. The van der Waals surface area contributed by atoms with E-state index in [1.165, 1.54) is 12.8 Å². The molecular formula is C15H24N4O2S. The highest BCUT2D eigenvalue weighted by Gasteiger charge is 2.23. The highest BCUT2D eigenvalue weighted by atomic mass is 32.2. The van der Waals surface area contributed by atoms with Gasteiger partial charge in [-0.2, -0.15) is 17.4 Å². The quantitative estimate of drug-likeness (QED) is 0.891. The van der Waals surface area contributed by atoms with Crippen molar-refractivity contribution in [2.75, 3.05) is 31.1 Å². The maximum absolute atomic E-state index is 12.2. The van der Waals surface area contributed by atoms with Gasteiger partial charge in [-0.15, -0.1) is 0 Å². The van der Waals surface area contributed by atoms with E-state index in [2.05, 4.69) is 14.6 Å². The lowest BCUT2D eigenvalue weighted by atomic mass is 10.2. The monoisotopic (exact) mass is 324 g/mol. The predicted octanol–water partition coefficient (Wildman–Crippen LogP) is 1.50. The van der Waals surface area contributed by atoms with E-state index in [0.717, 1.165) is 43.7 Å². The van der Waals surface area contributed by atoms with Crippen LogP contribution in [0.15, 0.2) is 18.3 Å². The largest absolute Gasteiger partial charge is 0.357 e. The number of rotatable bonds is 5. The van der Waals surface area contributed by atoms with Gasteiger partial charge < -0.3 is 4.90 Å². The zero-order valence-electron chi connectivity index (χ0n) is 12.9. The third kappa shape index (κ3) is 3.77. The van der Waals surface area contributed by atoms with Crippen LogP contribution in [0.5, 0.6) is 0 Å². The van der Waals surface area contributed by atoms with Crippen molar-refractivity contribution in [1.82, 2.24) is 14.0 Å². The first kappa shape index (κ1) is 15.7. The van der Waals surface area contributed by atoms with Gasteiger partial charge in [0.2, 0.25) is 0 Å². The van der Waals surface area contributed by atoms with Crippen molar-refractivity contribution in [3.8, 4) is 0 Å². The van der Waals surface area contributed by atoms with Crippen LogP contribution in [0.3, 0.4) is 0 Å². The number of nitrogens with one attached hydrogen (secondary N) is 1. The number of pyridine rings is 1. The first-order chi connectivity index (χ1) is 10.6. The molecule has 2 fully saturated rings. The Kier molecular flexibility index (Phi) is 4.95. The van der Waals surface area contributed by atoms with E-state index in [0.29, 0.717) is 19.6 Å². The lowest BCUT2D eigenvalue weighted by Gasteiger charge is -2.25. The molecule has 3 heterocycles. The molecule has 0 saturated carbocycles. The summed E-state index contributed by atoms with van der Waals surface area (Å²) in [5, 5.41) is 0. The van der Waals surface area contributed by atoms with Gasteiger partial charge in [0, 0.05) is 38.9 Å². The summed E-state index contributed by atoms with van der Waals surface area (Å²) < 4.78 is 28.7. The molecule has 0 radical (unpaired) electrons. The summed E-state index contributed by atoms with van der Waals surface area (Å²) in [5.41, 5.74) is 0.892. The van der Waals surface area contributed by atoms with E-state index in [4.69, 9.17) is 0 Å². The molecule has 2 saturated heterocycles. The second-order valence-electron chi connectivity index (χ2n) is 6.00. The molecule has 0 aliphatic carbocycles. The molecule has 2 aliphatic heterocycles. The average molecular weight is 324 g/mol. The number of aromatic nitrogens is 1. The molecule has 0 amide bonds. The molecule has 0 bridgehead atoms. The van der Waals surface area contributed by atoms with Crippen molar-refractivity contribution in [2.45, 2.75) is 38.6 Å². The van der Waals surface area contributed by atoms with Gasteiger partial charge in [-0.05, 0) is 37.3 Å². The molecule has 1 aromatic rings. The SMILES string of the molecule is O=S(=O)(NCc1ccc(N2CCCC2)nc1)N1CCCCC1. The maximum atomic E-state index is 12.2. The van der Waals surface area contributed by atoms with Crippen molar-refractivity contribution in [2.24, 2.45) is 0 Å². The van der Waals surface area contributed by atoms with Crippen LogP contribution >= 0.6 is 0 Å². The third-order valence-corrected chi connectivity index (χ3v) is 5.91. The minimum atomic E-state index is -3.36. The second-order valence-corrected chi connectivity index (χ2v) is 7.76. The molecule has 0 unspecified atom stereocenters. The fourth-order valence-electron chi connectivity index (χ4n) is 3.03. The van der Waals surface area contributed by atoms with Crippen LogP contribution in [0.25, 0.3) is 0 Å². The van der Waals surface area contributed by atoms with Gasteiger partial charge in [0.15, 0.2) is 0 Å². The third-order valence-electron chi connectivity index (χ3n) is 4.35. The Morgan fingerprint density at radius 1 is 1.00 bits per heavy atom. The molecular weight excluding hydrogens is 300 g/mol. The fraction of sp³-hybridized carbons (Fsp3) is 0.667. The van der Waals surface area contributed by atoms with Crippen LogP contribution in [0, 0.1) is 0 Å². The van der Waals surface area contributed by atoms with Gasteiger partial charge in [-0.1, -0.05) is 12.5 Å². The summed E-state index contributed by atoms with van der Waals surface area (Å²) in [5.74, 6) is 0.986. The van der Waals surface area contributed by atoms with Gasteiger partial charge in [-0.25, -0.2) is 4.98 Å². The van der Waals surface area contributed by atoms with E-state index in [-0.39, 0.29) is 0 Å². The molecule has 0 aromatic carbocycles. The highest BCUT2D eigenvalue weighted by Crippen LogP contribution is 2.18. The molecule has 0 spiro atoms. The van der Waals surface area contributed by atoms with Gasteiger partial charge in [0.1, 0.15) is 5.82 Å². The van der Waals surface area contributed by atoms with Crippen LogP contribution < -0.4 is 9.62 Å². The summed E-state index contributed by atoms with van der Waals surface area (Å²) in [6.45, 7) is 3.68. The van der Waals surface area contributed by atoms with E-state index >= 15 is 0 Å². The lowest BCUT2D eigenvalue weighted by molar-refractivity contribution is 0.341. The normalized spacial score (nSPS) is 20.5. The Balaban J connectivity index is 1.56. The van der Waals surface area contributed by atoms with Gasteiger partial charge >= 0.3 is 0 Å². The van der Waals surface area contributed by atoms with Crippen LogP contribution in [0.4, 0.5) is 5.82 Å². The first-order valence-electron chi connectivity index (χ1n) is 8.10. The average Bonchev–Trinajstić information content (AvgIpc) is 3.09.